The predicted molar refractivity (Wildman–Crippen MR) is 94.9 cm³/mol. The van der Waals surface area contributed by atoms with Gasteiger partial charge in [-0.3, -0.25) is 0 Å². The fourth-order valence-electron chi connectivity index (χ4n) is 3.21. The minimum absolute atomic E-state index is 0.150. The van der Waals surface area contributed by atoms with Gasteiger partial charge in [-0.1, -0.05) is 47.6 Å². The number of aromatic nitrogens is 4. The van der Waals surface area contributed by atoms with Crippen molar-refractivity contribution in [1.29, 1.82) is 0 Å². The first-order valence-corrected chi connectivity index (χ1v) is 8.58. The van der Waals surface area contributed by atoms with E-state index in [0.29, 0.717) is 30.6 Å². The summed E-state index contributed by atoms with van der Waals surface area (Å²) in [6.07, 6.45) is 1.60. The molecule has 0 bridgehead atoms. The van der Waals surface area contributed by atoms with Crippen molar-refractivity contribution in [2.24, 2.45) is 0 Å². The van der Waals surface area contributed by atoms with Gasteiger partial charge in [-0.2, -0.15) is 4.98 Å². The van der Waals surface area contributed by atoms with Crippen LogP contribution in [0.15, 0.2) is 65.4 Å². The maximum absolute atomic E-state index is 13.1. The van der Waals surface area contributed by atoms with E-state index in [-0.39, 0.29) is 11.9 Å². The van der Waals surface area contributed by atoms with E-state index in [1.54, 1.807) is 18.5 Å². The van der Waals surface area contributed by atoms with Crippen LogP contribution in [0.25, 0.3) is 23.0 Å². The first-order valence-electron chi connectivity index (χ1n) is 8.58. The Morgan fingerprint density at radius 2 is 1.85 bits per heavy atom. The van der Waals surface area contributed by atoms with Crippen LogP contribution in [0.4, 0.5) is 4.39 Å². The molecule has 2 aromatic heterocycles. The summed E-state index contributed by atoms with van der Waals surface area (Å²) in [5.74, 6) is 0.630. The molecule has 0 saturated heterocycles. The summed E-state index contributed by atoms with van der Waals surface area (Å²) in [6, 6.07) is 16.0. The highest BCUT2D eigenvalue weighted by Gasteiger charge is 2.26. The average molecular weight is 362 g/mol. The zero-order chi connectivity index (χ0) is 18.2. The van der Waals surface area contributed by atoms with Crippen molar-refractivity contribution < 1.29 is 13.7 Å². The molecule has 4 aromatic rings. The topological polar surface area (TPSA) is 66.0 Å². The summed E-state index contributed by atoms with van der Waals surface area (Å²) < 4.78 is 26.5. The molecule has 27 heavy (non-hydrogen) atoms. The number of halogens is 1. The highest BCUT2D eigenvalue weighted by molar-refractivity contribution is 5.58. The average Bonchev–Trinajstić information content (AvgIpc) is 3.36. The number of benzene rings is 2. The van der Waals surface area contributed by atoms with E-state index >= 15 is 0 Å². The first-order chi connectivity index (χ1) is 13.3. The van der Waals surface area contributed by atoms with Crippen LogP contribution < -0.4 is 0 Å². The fraction of sp³-hybridized carbons (Fsp3) is 0.150. The Bertz CT molecular complexity index is 1070. The van der Waals surface area contributed by atoms with Crippen molar-refractivity contribution in [3.8, 4) is 23.0 Å². The number of hydrogen-bond donors (Lipinski definition) is 0. The van der Waals surface area contributed by atoms with Crippen LogP contribution in [-0.2, 0) is 17.9 Å². The third-order valence-electron chi connectivity index (χ3n) is 4.63. The Morgan fingerprint density at radius 3 is 2.67 bits per heavy atom. The van der Waals surface area contributed by atoms with Crippen LogP contribution in [0.1, 0.15) is 17.4 Å². The van der Waals surface area contributed by atoms with Crippen molar-refractivity contribution >= 4 is 0 Å². The van der Waals surface area contributed by atoms with Crippen LogP contribution >= 0.6 is 0 Å². The highest BCUT2D eigenvalue weighted by atomic mass is 19.1. The standard InChI is InChI=1S/C20H15FN4O2/c21-15-8-6-13(7-9-15)17-10-25-12-22-18(16(25)11-26-17)20-23-19(24-27-20)14-4-2-1-3-5-14/h1-9,12,17H,10-11H2/t17-/m0/s1. The van der Waals surface area contributed by atoms with E-state index in [0.717, 1.165) is 16.8 Å². The van der Waals surface area contributed by atoms with Crippen molar-refractivity contribution in [2.75, 3.05) is 0 Å². The zero-order valence-corrected chi connectivity index (χ0v) is 14.2. The molecule has 6 nitrogen and oxygen atoms in total. The maximum atomic E-state index is 13.1. The molecule has 0 radical (unpaired) electrons. The molecule has 0 fully saturated rings. The summed E-state index contributed by atoms with van der Waals surface area (Å²) in [5, 5.41) is 4.05. The molecule has 5 rings (SSSR count). The van der Waals surface area contributed by atoms with Crippen LogP contribution in [0.3, 0.4) is 0 Å². The van der Waals surface area contributed by atoms with E-state index in [1.165, 1.54) is 12.1 Å². The number of fused-ring (bicyclic) bond motifs is 1. The van der Waals surface area contributed by atoms with Crippen LogP contribution in [0.5, 0.6) is 0 Å². The second-order valence-corrected chi connectivity index (χ2v) is 6.33. The molecule has 0 N–H and O–H groups in total. The van der Waals surface area contributed by atoms with Gasteiger partial charge in [-0.15, -0.1) is 0 Å². The SMILES string of the molecule is Fc1ccc([C@@H]2Cn3cnc(-c4nc(-c5ccccc5)no4)c3CO2)cc1. The molecule has 1 atom stereocenters. The van der Waals surface area contributed by atoms with Gasteiger partial charge in [0.05, 0.1) is 25.2 Å². The largest absolute Gasteiger partial charge is 0.365 e. The number of nitrogens with zero attached hydrogens (tertiary/aromatic N) is 4. The quantitative estimate of drug-likeness (QED) is 0.551. The fourth-order valence-corrected chi connectivity index (χ4v) is 3.21. The molecule has 0 unspecified atom stereocenters. The smallest absolute Gasteiger partial charge is 0.278 e. The Hall–Kier alpha value is -3.32. The number of hydrogen-bond acceptors (Lipinski definition) is 5. The van der Waals surface area contributed by atoms with Crippen LogP contribution in [0.2, 0.25) is 0 Å². The summed E-state index contributed by atoms with van der Waals surface area (Å²) in [7, 11) is 0. The van der Waals surface area contributed by atoms with E-state index < -0.39 is 0 Å². The third kappa shape index (κ3) is 2.92. The van der Waals surface area contributed by atoms with Gasteiger partial charge in [-0.05, 0) is 17.7 Å². The molecule has 0 saturated carbocycles. The van der Waals surface area contributed by atoms with Crippen molar-refractivity contribution in [3.63, 3.8) is 0 Å². The summed E-state index contributed by atoms with van der Waals surface area (Å²) in [4.78, 5) is 8.91. The molecule has 1 aliphatic heterocycles. The Kier molecular flexibility index (Phi) is 3.79. The van der Waals surface area contributed by atoms with Gasteiger partial charge in [-0.25, -0.2) is 9.37 Å². The van der Waals surface area contributed by atoms with Gasteiger partial charge in [0.25, 0.3) is 5.89 Å². The van der Waals surface area contributed by atoms with Crippen LogP contribution in [0, 0.1) is 5.82 Å². The molecule has 2 aromatic carbocycles. The maximum Gasteiger partial charge on any atom is 0.278 e. The van der Waals surface area contributed by atoms with E-state index in [4.69, 9.17) is 9.26 Å². The van der Waals surface area contributed by atoms with Gasteiger partial charge in [0, 0.05) is 5.56 Å². The summed E-state index contributed by atoms with van der Waals surface area (Å²) in [6.45, 7) is 0.952. The molecule has 7 heteroatoms. The lowest BCUT2D eigenvalue weighted by atomic mass is 10.1. The Labute approximate surface area is 154 Å². The minimum Gasteiger partial charge on any atom is -0.365 e. The second kappa shape index (κ2) is 6.44. The molecule has 134 valence electrons. The molecule has 0 spiro atoms. The van der Waals surface area contributed by atoms with Gasteiger partial charge < -0.3 is 13.8 Å². The van der Waals surface area contributed by atoms with Gasteiger partial charge in [0.15, 0.2) is 5.69 Å². The van der Waals surface area contributed by atoms with Crippen molar-refractivity contribution in [3.05, 3.63) is 78.0 Å². The van der Waals surface area contributed by atoms with Gasteiger partial charge in [0.1, 0.15) is 11.9 Å². The minimum atomic E-state index is -0.259. The summed E-state index contributed by atoms with van der Waals surface area (Å²) in [5.41, 5.74) is 3.33. The molecule has 0 aliphatic carbocycles. The second-order valence-electron chi connectivity index (χ2n) is 6.33. The molecule has 3 heterocycles. The number of imidazole rings is 1. The Morgan fingerprint density at radius 1 is 1.04 bits per heavy atom. The highest BCUT2D eigenvalue weighted by Crippen LogP contribution is 2.31. The Balaban J connectivity index is 1.42. The summed E-state index contributed by atoms with van der Waals surface area (Å²) >= 11 is 0. The zero-order valence-electron chi connectivity index (χ0n) is 14.2. The van der Waals surface area contributed by atoms with Gasteiger partial charge in [0.2, 0.25) is 5.82 Å². The lowest BCUT2D eigenvalue weighted by molar-refractivity contribution is 0.00327. The van der Waals surface area contributed by atoms with Crippen molar-refractivity contribution in [1.82, 2.24) is 19.7 Å². The van der Waals surface area contributed by atoms with E-state index in [9.17, 15) is 4.39 Å². The van der Waals surface area contributed by atoms with Crippen LogP contribution in [-0.4, -0.2) is 19.7 Å². The van der Waals surface area contributed by atoms with E-state index in [2.05, 4.69) is 15.1 Å². The predicted octanol–water partition coefficient (Wildman–Crippen LogP) is 4.01. The number of ether oxygens (including phenoxy) is 1. The van der Waals surface area contributed by atoms with E-state index in [1.807, 2.05) is 34.9 Å². The molecule has 0 amide bonds. The van der Waals surface area contributed by atoms with Crippen molar-refractivity contribution in [2.45, 2.75) is 19.3 Å². The normalized spacial score (nSPS) is 16.3. The third-order valence-corrected chi connectivity index (χ3v) is 4.63. The number of rotatable bonds is 3. The monoisotopic (exact) mass is 362 g/mol. The lowest BCUT2D eigenvalue weighted by Gasteiger charge is -2.25. The molecular formula is C20H15FN4O2. The first kappa shape index (κ1) is 15.9. The molecule has 1 aliphatic rings. The lowest BCUT2D eigenvalue weighted by Crippen LogP contribution is -2.20. The molecular weight excluding hydrogens is 347 g/mol. The van der Waals surface area contributed by atoms with Gasteiger partial charge >= 0.3 is 0 Å².